The number of amides is 1. The fourth-order valence-electron chi connectivity index (χ4n) is 2.47. The van der Waals surface area contributed by atoms with E-state index >= 15 is 0 Å². The van der Waals surface area contributed by atoms with Gasteiger partial charge in [0.1, 0.15) is 18.3 Å². The number of nitrogens with zero attached hydrogens (tertiary/aromatic N) is 5. The first kappa shape index (κ1) is 18.0. The number of hydrogen-bond acceptors (Lipinski definition) is 7. The molecule has 0 bridgehead atoms. The lowest BCUT2D eigenvalue weighted by Gasteiger charge is -2.10. The summed E-state index contributed by atoms with van der Waals surface area (Å²) in [6.45, 7) is 0.563. The van der Waals surface area contributed by atoms with Crippen molar-refractivity contribution in [3.8, 4) is 5.82 Å². The monoisotopic (exact) mass is 367 g/mol. The summed E-state index contributed by atoms with van der Waals surface area (Å²) in [7, 11) is 0. The van der Waals surface area contributed by atoms with E-state index in [0.29, 0.717) is 11.5 Å². The quantitative estimate of drug-likeness (QED) is 0.458. The fourth-order valence-corrected chi connectivity index (χ4v) is 2.47. The molecule has 1 amide bonds. The van der Waals surface area contributed by atoms with E-state index in [1.165, 1.54) is 23.4 Å². The summed E-state index contributed by atoms with van der Waals surface area (Å²) >= 11 is 0. The van der Waals surface area contributed by atoms with Crippen molar-refractivity contribution in [2.24, 2.45) is 0 Å². The Morgan fingerprint density at radius 2 is 2.07 bits per heavy atom. The molecule has 27 heavy (non-hydrogen) atoms. The molecule has 10 heteroatoms. The third-order valence-electron chi connectivity index (χ3n) is 3.75. The van der Waals surface area contributed by atoms with Crippen LogP contribution in [0.4, 0.5) is 11.4 Å². The SMILES string of the molecule is O=C(CCNc1ccccc1[N+](=O)[O-])NCc1cccnc1-n1cncn1. The van der Waals surface area contributed by atoms with E-state index in [1.54, 1.807) is 30.5 Å². The smallest absolute Gasteiger partial charge is 0.292 e. The van der Waals surface area contributed by atoms with Crippen LogP contribution in [0.25, 0.3) is 5.82 Å². The van der Waals surface area contributed by atoms with Gasteiger partial charge in [-0.05, 0) is 12.1 Å². The molecular weight excluding hydrogens is 350 g/mol. The predicted octanol–water partition coefficient (Wildman–Crippen LogP) is 1.69. The first-order valence-electron chi connectivity index (χ1n) is 8.18. The number of hydrogen-bond donors (Lipinski definition) is 2. The maximum absolute atomic E-state index is 12.1. The average Bonchev–Trinajstić information content (AvgIpc) is 3.21. The van der Waals surface area contributed by atoms with E-state index in [1.807, 2.05) is 6.07 Å². The van der Waals surface area contributed by atoms with Crippen molar-refractivity contribution in [1.82, 2.24) is 25.1 Å². The van der Waals surface area contributed by atoms with Crippen molar-refractivity contribution >= 4 is 17.3 Å². The van der Waals surface area contributed by atoms with Gasteiger partial charge in [0.2, 0.25) is 5.91 Å². The largest absolute Gasteiger partial charge is 0.379 e. The molecule has 0 radical (unpaired) electrons. The lowest BCUT2D eigenvalue weighted by Crippen LogP contribution is -2.25. The zero-order chi connectivity index (χ0) is 19.1. The topological polar surface area (TPSA) is 128 Å². The molecule has 0 aliphatic heterocycles. The molecule has 2 aromatic heterocycles. The van der Waals surface area contributed by atoms with Crippen molar-refractivity contribution in [1.29, 1.82) is 0 Å². The Balaban J connectivity index is 1.52. The average molecular weight is 367 g/mol. The van der Waals surface area contributed by atoms with Crippen LogP contribution < -0.4 is 10.6 Å². The molecule has 0 fully saturated rings. The highest BCUT2D eigenvalue weighted by Gasteiger charge is 2.12. The van der Waals surface area contributed by atoms with Crippen LogP contribution >= 0.6 is 0 Å². The fraction of sp³-hybridized carbons (Fsp3) is 0.176. The maximum Gasteiger partial charge on any atom is 0.292 e. The molecule has 3 rings (SSSR count). The summed E-state index contributed by atoms with van der Waals surface area (Å²) in [5.41, 5.74) is 1.16. The van der Waals surface area contributed by atoms with Crippen molar-refractivity contribution < 1.29 is 9.72 Å². The number of aromatic nitrogens is 4. The van der Waals surface area contributed by atoms with E-state index in [-0.39, 0.29) is 31.1 Å². The molecule has 0 aliphatic rings. The summed E-state index contributed by atoms with van der Waals surface area (Å²) in [5.74, 6) is 0.405. The van der Waals surface area contributed by atoms with Crippen molar-refractivity contribution in [2.45, 2.75) is 13.0 Å². The van der Waals surface area contributed by atoms with Gasteiger partial charge in [0, 0.05) is 37.3 Å². The van der Waals surface area contributed by atoms with E-state index in [2.05, 4.69) is 25.7 Å². The third-order valence-corrected chi connectivity index (χ3v) is 3.75. The van der Waals surface area contributed by atoms with Crippen LogP contribution in [0.1, 0.15) is 12.0 Å². The predicted molar refractivity (Wildman–Crippen MR) is 97.2 cm³/mol. The standard InChI is InChI=1S/C17H17N7O3/c25-16(7-9-19-14-5-1-2-6-15(14)24(26)27)21-10-13-4-3-8-20-17(13)23-12-18-11-22-23/h1-6,8,11-12,19H,7,9-10H2,(H,21,25). The first-order chi connectivity index (χ1) is 13.1. The highest BCUT2D eigenvalue weighted by atomic mass is 16.6. The van der Waals surface area contributed by atoms with Crippen LogP contribution in [-0.2, 0) is 11.3 Å². The van der Waals surface area contributed by atoms with Crippen molar-refractivity contribution in [3.63, 3.8) is 0 Å². The first-order valence-corrected chi connectivity index (χ1v) is 8.18. The summed E-state index contributed by atoms with van der Waals surface area (Å²) in [6.07, 6.45) is 4.75. The van der Waals surface area contributed by atoms with Crippen LogP contribution in [0.15, 0.2) is 55.2 Å². The summed E-state index contributed by atoms with van der Waals surface area (Å²) in [6, 6.07) is 9.93. The molecule has 1 aromatic carbocycles. The molecule has 0 unspecified atom stereocenters. The van der Waals surface area contributed by atoms with Gasteiger partial charge >= 0.3 is 0 Å². The van der Waals surface area contributed by atoms with Crippen molar-refractivity contribution in [3.05, 3.63) is 70.9 Å². The summed E-state index contributed by atoms with van der Waals surface area (Å²) < 4.78 is 1.53. The number of benzene rings is 1. The molecule has 0 saturated carbocycles. The molecule has 10 nitrogen and oxygen atoms in total. The molecular formula is C17H17N7O3. The van der Waals surface area contributed by atoms with Gasteiger partial charge in [-0.15, -0.1) is 0 Å². The lowest BCUT2D eigenvalue weighted by atomic mass is 10.2. The van der Waals surface area contributed by atoms with Gasteiger partial charge in [0.05, 0.1) is 4.92 Å². The number of carbonyl (C=O) groups is 1. The highest BCUT2D eigenvalue weighted by molar-refractivity contribution is 5.76. The van der Waals surface area contributed by atoms with E-state index in [0.717, 1.165) is 5.56 Å². The number of anilines is 1. The van der Waals surface area contributed by atoms with E-state index < -0.39 is 4.92 Å². The number of nitro benzene ring substituents is 1. The van der Waals surface area contributed by atoms with Gasteiger partial charge in [0.25, 0.3) is 5.69 Å². The second kappa shape index (κ2) is 8.52. The number of pyridine rings is 1. The Labute approximate surface area is 154 Å². The minimum atomic E-state index is -0.462. The van der Waals surface area contributed by atoms with Gasteiger partial charge in [-0.3, -0.25) is 14.9 Å². The summed E-state index contributed by atoms with van der Waals surface area (Å²) in [5, 5.41) is 20.8. The zero-order valence-corrected chi connectivity index (χ0v) is 14.3. The van der Waals surface area contributed by atoms with Gasteiger partial charge in [-0.2, -0.15) is 5.10 Å². The lowest BCUT2D eigenvalue weighted by molar-refractivity contribution is -0.384. The minimum absolute atomic E-state index is 0.0225. The zero-order valence-electron chi connectivity index (χ0n) is 14.3. The normalized spacial score (nSPS) is 10.4. The molecule has 3 aromatic rings. The Morgan fingerprint density at radius 1 is 1.22 bits per heavy atom. The van der Waals surface area contributed by atoms with Gasteiger partial charge in [-0.25, -0.2) is 14.6 Å². The summed E-state index contributed by atoms with van der Waals surface area (Å²) in [4.78, 5) is 30.7. The number of nitrogens with one attached hydrogen (secondary N) is 2. The van der Waals surface area contributed by atoms with Crippen LogP contribution in [0.2, 0.25) is 0 Å². The van der Waals surface area contributed by atoms with Crippen LogP contribution in [0.3, 0.4) is 0 Å². The Hall–Kier alpha value is -3.82. The van der Waals surface area contributed by atoms with E-state index in [9.17, 15) is 14.9 Å². The number of nitro groups is 1. The molecule has 0 aliphatic carbocycles. The maximum atomic E-state index is 12.1. The molecule has 138 valence electrons. The highest BCUT2D eigenvalue weighted by Crippen LogP contribution is 2.22. The third kappa shape index (κ3) is 4.63. The van der Waals surface area contributed by atoms with Crippen LogP contribution in [0, 0.1) is 10.1 Å². The van der Waals surface area contributed by atoms with Gasteiger partial charge in [-0.1, -0.05) is 18.2 Å². The Kier molecular flexibility index (Phi) is 5.67. The van der Waals surface area contributed by atoms with E-state index in [4.69, 9.17) is 0 Å². The molecule has 2 heterocycles. The van der Waals surface area contributed by atoms with Gasteiger partial charge in [0.15, 0.2) is 5.82 Å². The second-order valence-corrected chi connectivity index (χ2v) is 5.55. The number of para-hydroxylation sites is 2. The minimum Gasteiger partial charge on any atom is -0.379 e. The molecule has 0 saturated heterocycles. The van der Waals surface area contributed by atoms with Crippen LogP contribution in [-0.4, -0.2) is 37.1 Å². The number of rotatable bonds is 8. The van der Waals surface area contributed by atoms with Gasteiger partial charge < -0.3 is 10.6 Å². The Morgan fingerprint density at radius 3 is 2.85 bits per heavy atom. The number of carbonyl (C=O) groups excluding carboxylic acids is 1. The molecule has 2 N–H and O–H groups in total. The van der Waals surface area contributed by atoms with Crippen LogP contribution in [0.5, 0.6) is 0 Å². The second-order valence-electron chi connectivity index (χ2n) is 5.55. The Bertz CT molecular complexity index is 928. The molecule has 0 spiro atoms. The van der Waals surface area contributed by atoms with Crippen molar-refractivity contribution in [2.75, 3.05) is 11.9 Å². The molecule has 0 atom stereocenters.